The predicted molar refractivity (Wildman–Crippen MR) is 271 cm³/mol. The van der Waals surface area contributed by atoms with Crippen molar-refractivity contribution in [2.24, 2.45) is 40.9 Å². The number of fused-ring (bicyclic) bond motifs is 3. The summed E-state index contributed by atoms with van der Waals surface area (Å²) in [4.78, 5) is 85.4. The summed E-state index contributed by atoms with van der Waals surface area (Å²) in [6, 6.07) is -1.20. The van der Waals surface area contributed by atoms with E-state index in [9.17, 15) is 49.2 Å². The monoisotopic (exact) mass is 1030 g/mol. The first-order chi connectivity index (χ1) is 34.5. The number of ether oxygens (including phenoxy) is 6. The van der Waals surface area contributed by atoms with Crippen molar-refractivity contribution < 1.29 is 77.6 Å². The molecule has 15 atom stereocenters. The van der Waals surface area contributed by atoms with Crippen LogP contribution in [0.15, 0.2) is 47.6 Å². The summed E-state index contributed by atoms with van der Waals surface area (Å²) in [6.45, 7) is 12.7. The lowest BCUT2D eigenvalue weighted by molar-refractivity contribution is -0.265. The van der Waals surface area contributed by atoms with E-state index in [-0.39, 0.29) is 42.8 Å². The SMILES string of the molecule is COC1C[C@@H]2CC[C@@H](C)[C@@](O)(O2)C(=O)C(=O)N2CCCC[C@H]2C(=O)O[C@H]([C@H](C)C[C@@H]2CC[C@@H](OC(=O)C(C)(CO)CO)[C@H](OC)C2)CC(=O)[C@H](C)/C=C(\C)[C@@H](O)[C@@H](OC)C(=O)[C@H](C)C[C@H](C)\C=C/C=C/C=C/1C. The van der Waals surface area contributed by atoms with E-state index >= 15 is 0 Å². The number of aliphatic hydroxyl groups excluding tert-OH is 3. The fourth-order valence-corrected chi connectivity index (χ4v) is 10.7. The average Bonchev–Trinajstić information content (AvgIpc) is 3.37. The molecule has 17 nitrogen and oxygen atoms in total. The number of ketones is 3. The molecule has 73 heavy (non-hydrogen) atoms. The third kappa shape index (κ3) is 16.0. The first-order valence-corrected chi connectivity index (χ1v) is 26.4. The highest BCUT2D eigenvalue weighted by Crippen LogP contribution is 2.38. The van der Waals surface area contributed by atoms with Gasteiger partial charge < -0.3 is 53.7 Å². The second-order valence-electron chi connectivity index (χ2n) is 21.8. The van der Waals surface area contributed by atoms with Crippen LogP contribution >= 0.6 is 0 Å². The quantitative estimate of drug-likeness (QED) is 0.116. The number of methoxy groups -OCH3 is 3. The van der Waals surface area contributed by atoms with E-state index in [0.29, 0.717) is 69.8 Å². The van der Waals surface area contributed by atoms with Gasteiger partial charge in [0.25, 0.3) is 11.7 Å². The van der Waals surface area contributed by atoms with Crippen molar-refractivity contribution in [3.63, 3.8) is 0 Å². The molecular weight excluding hydrogens is 943 g/mol. The summed E-state index contributed by atoms with van der Waals surface area (Å²) >= 11 is 0. The molecule has 0 aromatic carbocycles. The number of rotatable bonds is 10. The number of hydrogen-bond acceptors (Lipinski definition) is 16. The molecule has 3 aliphatic heterocycles. The van der Waals surface area contributed by atoms with Gasteiger partial charge in [0.05, 0.1) is 31.5 Å². The first kappa shape index (κ1) is 61.6. The Morgan fingerprint density at radius 2 is 1.56 bits per heavy atom. The number of cyclic esters (lactones) is 1. The number of piperidine rings is 1. The smallest absolute Gasteiger partial charge is 0.329 e. The number of carbonyl (C=O) groups excluding carboxylic acids is 6. The van der Waals surface area contributed by atoms with E-state index in [1.807, 2.05) is 51.2 Å². The van der Waals surface area contributed by atoms with Crippen LogP contribution in [0.4, 0.5) is 0 Å². The van der Waals surface area contributed by atoms with E-state index in [1.54, 1.807) is 40.9 Å². The van der Waals surface area contributed by atoms with Crippen LogP contribution in [-0.2, 0) is 57.2 Å². The molecule has 3 heterocycles. The highest BCUT2D eigenvalue weighted by molar-refractivity contribution is 6.39. The number of allylic oxidation sites excluding steroid dienone is 6. The molecule has 0 spiro atoms. The maximum atomic E-state index is 14.5. The molecule has 1 saturated carbocycles. The van der Waals surface area contributed by atoms with Gasteiger partial charge in [-0.25, -0.2) is 4.79 Å². The molecule has 0 aromatic heterocycles. The van der Waals surface area contributed by atoms with Crippen LogP contribution < -0.4 is 0 Å². The fraction of sp³-hybridized carbons (Fsp3) is 0.750. The molecule has 0 aromatic rings. The number of carbonyl (C=O) groups is 6. The second kappa shape index (κ2) is 28.3. The Balaban J connectivity index is 1.69. The zero-order valence-electron chi connectivity index (χ0n) is 45.3. The zero-order valence-corrected chi connectivity index (χ0v) is 45.3. The van der Waals surface area contributed by atoms with E-state index in [0.717, 1.165) is 10.5 Å². The van der Waals surface area contributed by atoms with Gasteiger partial charge in [0, 0.05) is 58.5 Å². The lowest BCUT2D eigenvalue weighted by Gasteiger charge is -2.42. The Labute approximate surface area is 433 Å². The fourth-order valence-electron chi connectivity index (χ4n) is 10.7. The Morgan fingerprint density at radius 3 is 2.21 bits per heavy atom. The minimum absolute atomic E-state index is 0.00697. The van der Waals surface area contributed by atoms with Crippen LogP contribution in [-0.4, -0.2) is 156 Å². The summed E-state index contributed by atoms with van der Waals surface area (Å²) in [5, 5.41) is 43.1. The number of hydrogen-bond donors (Lipinski definition) is 4. The van der Waals surface area contributed by atoms with E-state index in [1.165, 1.54) is 21.1 Å². The van der Waals surface area contributed by atoms with E-state index in [2.05, 4.69) is 0 Å². The lowest BCUT2D eigenvalue weighted by atomic mass is 9.78. The molecule has 1 amide bonds. The number of esters is 2. The maximum Gasteiger partial charge on any atom is 0.329 e. The molecule has 4 N–H and O–H groups in total. The molecule has 17 heteroatoms. The molecule has 4 aliphatic rings. The van der Waals surface area contributed by atoms with Gasteiger partial charge in [-0.1, -0.05) is 71.1 Å². The highest BCUT2D eigenvalue weighted by Gasteiger charge is 2.53. The topological polar surface area (TPSA) is 242 Å². The van der Waals surface area contributed by atoms with Crippen molar-refractivity contribution in [1.82, 2.24) is 4.90 Å². The number of Topliss-reactive ketones (excluding diaryl/α,β-unsaturated/α-hetero) is 3. The Bertz CT molecular complexity index is 2010. The van der Waals surface area contributed by atoms with Crippen molar-refractivity contribution in [3.8, 4) is 0 Å². The normalized spacial score (nSPS) is 37.4. The Kier molecular flexibility index (Phi) is 23.9. The lowest BCUT2D eigenvalue weighted by Crippen LogP contribution is -2.61. The molecule has 2 saturated heterocycles. The minimum atomic E-state index is -2.47. The van der Waals surface area contributed by atoms with Crippen LogP contribution in [0.1, 0.15) is 132 Å². The minimum Gasteiger partial charge on any atom is -0.460 e. The van der Waals surface area contributed by atoms with Gasteiger partial charge in [0.2, 0.25) is 5.79 Å². The summed E-state index contributed by atoms with van der Waals surface area (Å²) in [6.07, 6.45) is 9.76. The van der Waals surface area contributed by atoms with Crippen molar-refractivity contribution in [2.75, 3.05) is 41.1 Å². The largest absolute Gasteiger partial charge is 0.460 e. The Morgan fingerprint density at radius 1 is 0.863 bits per heavy atom. The Hall–Kier alpha value is -3.94. The van der Waals surface area contributed by atoms with Crippen LogP contribution in [0, 0.1) is 40.9 Å². The second-order valence-corrected chi connectivity index (χ2v) is 21.8. The zero-order chi connectivity index (χ0) is 54.4. The number of aliphatic hydroxyl groups is 4. The predicted octanol–water partition coefficient (Wildman–Crippen LogP) is 5.72. The average molecular weight is 1030 g/mol. The molecular formula is C56H87NO16. The molecule has 0 radical (unpaired) electrons. The molecule has 1 aliphatic carbocycles. The molecule has 2 bridgehead atoms. The van der Waals surface area contributed by atoms with Crippen molar-refractivity contribution in [3.05, 3.63) is 47.6 Å². The van der Waals surface area contributed by atoms with Crippen molar-refractivity contribution >= 4 is 35.2 Å². The summed E-state index contributed by atoms with van der Waals surface area (Å²) < 4.78 is 35.4. The van der Waals surface area contributed by atoms with Gasteiger partial charge in [0.1, 0.15) is 41.7 Å². The third-order valence-electron chi connectivity index (χ3n) is 15.9. The summed E-state index contributed by atoms with van der Waals surface area (Å²) in [5.74, 6) is -9.36. The summed E-state index contributed by atoms with van der Waals surface area (Å²) in [5.41, 5.74) is -0.277. The van der Waals surface area contributed by atoms with Gasteiger partial charge in [0.15, 0.2) is 5.78 Å². The molecule has 1 unspecified atom stereocenters. The van der Waals surface area contributed by atoms with Gasteiger partial charge in [-0.05, 0) is 114 Å². The van der Waals surface area contributed by atoms with Crippen molar-refractivity contribution in [2.45, 2.75) is 187 Å². The van der Waals surface area contributed by atoms with E-state index < -0.39 is 120 Å². The van der Waals surface area contributed by atoms with Gasteiger partial charge in [-0.2, -0.15) is 0 Å². The summed E-state index contributed by atoms with van der Waals surface area (Å²) in [7, 11) is 4.43. The van der Waals surface area contributed by atoms with Gasteiger partial charge in [-0.3, -0.25) is 24.0 Å². The van der Waals surface area contributed by atoms with Gasteiger partial charge in [-0.15, -0.1) is 0 Å². The van der Waals surface area contributed by atoms with Crippen molar-refractivity contribution in [1.29, 1.82) is 0 Å². The number of amides is 1. The first-order valence-electron chi connectivity index (χ1n) is 26.4. The van der Waals surface area contributed by atoms with Crippen LogP contribution in [0.2, 0.25) is 0 Å². The molecule has 4 rings (SSSR count). The maximum absolute atomic E-state index is 14.5. The van der Waals surface area contributed by atoms with Crippen LogP contribution in [0.25, 0.3) is 0 Å². The molecule has 3 fully saturated rings. The van der Waals surface area contributed by atoms with Crippen LogP contribution in [0.3, 0.4) is 0 Å². The highest BCUT2D eigenvalue weighted by atomic mass is 16.6. The van der Waals surface area contributed by atoms with Gasteiger partial charge >= 0.3 is 11.9 Å². The standard InChI is InChI=1S/C56H87NO16/c1-33-17-13-12-14-18-34(2)45(68-9)29-41-22-20-39(7)56(67,73-41)51(63)52(64)57-24-16-15-19-42(57)53(65)71-46(30-43(60)35(3)26-38(6)49(62)50(70-11)48(61)37(5)25-33)36(4)27-40-21-23-44(47(28-40)69-10)72-54(66)55(8,31-58)32-59/h12-14,17-18,26,33,35-37,39-42,44-47,49-50,58-59,62,67H,15-16,19-25,27-32H2,1-11H3/b14-12+,17-13-,34-18+,38-26+/t33-,35-,36-,37-,39-,40+,41+,42+,44-,45?,46+,47-,49-,50+,56-/m1/s1. The number of nitrogens with zero attached hydrogens (tertiary/aromatic N) is 1. The van der Waals surface area contributed by atoms with E-state index in [4.69, 9.17) is 28.4 Å². The third-order valence-corrected chi connectivity index (χ3v) is 15.9. The van der Waals surface area contributed by atoms with Crippen LogP contribution in [0.5, 0.6) is 0 Å². The molecule has 412 valence electrons.